The normalized spacial score (nSPS) is 19.1. The average molecular weight is 350 g/mol. The molecule has 0 amide bonds. The minimum Gasteiger partial charge on any atom is -0.357 e. The number of piperidine rings is 1. The average Bonchev–Trinajstić information content (AvgIpc) is 3.13. The van der Waals surface area contributed by atoms with E-state index in [1.807, 2.05) is 4.57 Å². The molecule has 1 aliphatic rings. The van der Waals surface area contributed by atoms with Crippen LogP contribution < -0.4 is 10.6 Å². The topological polar surface area (TPSA) is 70.4 Å². The number of aliphatic imine (C=N–C) groups is 1. The second-order valence-corrected chi connectivity index (χ2v) is 6.83. The number of unbranched alkanes of at least 4 members (excludes halogenated alkanes) is 1. The molecule has 0 aromatic carbocycles. The number of nitrogens with one attached hydrogen (secondary N) is 2. The van der Waals surface area contributed by atoms with Crippen LogP contribution in [-0.4, -0.2) is 64.4 Å². The smallest absolute Gasteiger partial charge is 0.191 e. The van der Waals surface area contributed by atoms with E-state index in [0.717, 1.165) is 57.4 Å². The van der Waals surface area contributed by atoms with Gasteiger partial charge < -0.3 is 20.1 Å². The maximum absolute atomic E-state index is 4.71. The zero-order chi connectivity index (χ0) is 17.7. The summed E-state index contributed by atoms with van der Waals surface area (Å²) in [5.74, 6) is 0.943. The van der Waals surface area contributed by atoms with Crippen LogP contribution in [0.4, 0.5) is 0 Å². The van der Waals surface area contributed by atoms with Gasteiger partial charge >= 0.3 is 0 Å². The van der Waals surface area contributed by atoms with Gasteiger partial charge in [0.2, 0.25) is 0 Å². The zero-order valence-electron chi connectivity index (χ0n) is 16.0. The fourth-order valence-electron chi connectivity index (χ4n) is 3.26. The van der Waals surface area contributed by atoms with E-state index in [1.54, 1.807) is 12.7 Å². The number of aryl methyl sites for hydroxylation is 1. The SMILES string of the molecule is CCNC(=NCCCN1CCCCC1C)NCCCCn1cnnc1. The van der Waals surface area contributed by atoms with Gasteiger partial charge in [-0.25, -0.2) is 0 Å². The van der Waals surface area contributed by atoms with Crippen molar-refractivity contribution in [3.05, 3.63) is 12.7 Å². The van der Waals surface area contributed by atoms with Crippen LogP contribution in [-0.2, 0) is 6.54 Å². The summed E-state index contributed by atoms with van der Waals surface area (Å²) in [6.45, 7) is 10.6. The number of hydrogen-bond acceptors (Lipinski definition) is 4. The monoisotopic (exact) mass is 349 g/mol. The summed E-state index contributed by atoms with van der Waals surface area (Å²) in [6.07, 6.45) is 11.0. The Kier molecular flexibility index (Phi) is 9.33. The summed E-state index contributed by atoms with van der Waals surface area (Å²) in [5, 5.41) is 14.4. The standard InChI is InChI=1S/C18H35N7/c1-3-19-18(20-10-5-7-12-24-15-22-23-16-24)21-11-8-14-25-13-6-4-9-17(25)2/h15-17H,3-14H2,1-2H3,(H2,19,20,21). The summed E-state index contributed by atoms with van der Waals surface area (Å²) in [4.78, 5) is 7.33. The Morgan fingerprint density at radius 1 is 1.12 bits per heavy atom. The van der Waals surface area contributed by atoms with Crippen LogP contribution in [0.2, 0.25) is 0 Å². The highest BCUT2D eigenvalue weighted by atomic mass is 15.2. The highest BCUT2D eigenvalue weighted by molar-refractivity contribution is 5.79. The van der Waals surface area contributed by atoms with Crippen LogP contribution in [0.3, 0.4) is 0 Å². The van der Waals surface area contributed by atoms with Crippen LogP contribution in [0.15, 0.2) is 17.6 Å². The lowest BCUT2D eigenvalue weighted by Gasteiger charge is -2.33. The molecule has 1 aromatic heterocycles. The Bertz CT molecular complexity index is 472. The molecule has 0 saturated carbocycles. The molecule has 1 atom stereocenters. The van der Waals surface area contributed by atoms with Crippen molar-refractivity contribution in [2.75, 3.05) is 32.7 Å². The van der Waals surface area contributed by atoms with Crippen LogP contribution in [0, 0.1) is 0 Å². The molecule has 1 aromatic rings. The van der Waals surface area contributed by atoms with Crippen molar-refractivity contribution in [1.29, 1.82) is 0 Å². The number of hydrogen-bond donors (Lipinski definition) is 2. The Balaban J connectivity index is 1.58. The van der Waals surface area contributed by atoms with Gasteiger partial charge in [0.25, 0.3) is 0 Å². The van der Waals surface area contributed by atoms with Crippen molar-refractivity contribution in [2.45, 2.75) is 65.0 Å². The van der Waals surface area contributed by atoms with Crippen molar-refractivity contribution in [3.63, 3.8) is 0 Å². The largest absolute Gasteiger partial charge is 0.357 e. The third-order valence-corrected chi connectivity index (χ3v) is 4.76. The molecule has 1 unspecified atom stereocenters. The Morgan fingerprint density at radius 2 is 1.96 bits per heavy atom. The van der Waals surface area contributed by atoms with E-state index in [-0.39, 0.29) is 0 Å². The zero-order valence-corrected chi connectivity index (χ0v) is 16.0. The van der Waals surface area contributed by atoms with Gasteiger partial charge in [-0.2, -0.15) is 0 Å². The fraction of sp³-hybridized carbons (Fsp3) is 0.833. The molecule has 0 radical (unpaired) electrons. The van der Waals surface area contributed by atoms with Crippen molar-refractivity contribution in [3.8, 4) is 0 Å². The number of rotatable bonds is 10. The molecule has 25 heavy (non-hydrogen) atoms. The first-order chi connectivity index (χ1) is 12.3. The minimum atomic E-state index is 0.745. The van der Waals surface area contributed by atoms with Crippen molar-refractivity contribution in [2.24, 2.45) is 4.99 Å². The molecule has 0 aliphatic carbocycles. The minimum absolute atomic E-state index is 0.745. The maximum Gasteiger partial charge on any atom is 0.191 e. The second kappa shape index (κ2) is 11.8. The molecule has 1 saturated heterocycles. The van der Waals surface area contributed by atoms with Gasteiger partial charge in [-0.1, -0.05) is 6.42 Å². The van der Waals surface area contributed by atoms with Crippen molar-refractivity contribution >= 4 is 5.96 Å². The molecular weight excluding hydrogens is 314 g/mol. The van der Waals surface area contributed by atoms with Crippen molar-refractivity contribution < 1.29 is 0 Å². The predicted molar refractivity (Wildman–Crippen MR) is 103 cm³/mol. The maximum atomic E-state index is 4.71. The molecule has 142 valence electrons. The predicted octanol–water partition coefficient (Wildman–Crippen LogP) is 1.88. The van der Waals surface area contributed by atoms with Crippen LogP contribution in [0.1, 0.15) is 52.4 Å². The summed E-state index contributed by atoms with van der Waals surface area (Å²) in [6, 6.07) is 0.745. The third kappa shape index (κ3) is 7.86. The van der Waals surface area contributed by atoms with E-state index in [4.69, 9.17) is 4.99 Å². The molecule has 7 nitrogen and oxygen atoms in total. The third-order valence-electron chi connectivity index (χ3n) is 4.76. The number of nitrogens with zero attached hydrogens (tertiary/aromatic N) is 5. The van der Waals surface area contributed by atoms with Crippen molar-refractivity contribution in [1.82, 2.24) is 30.3 Å². The number of guanidine groups is 1. The molecule has 7 heteroatoms. The Hall–Kier alpha value is -1.63. The molecule has 2 heterocycles. The Morgan fingerprint density at radius 3 is 2.72 bits per heavy atom. The molecule has 1 fully saturated rings. The van der Waals surface area contributed by atoms with Gasteiger partial charge in [0.15, 0.2) is 5.96 Å². The lowest BCUT2D eigenvalue weighted by molar-refractivity contribution is 0.160. The van der Waals surface area contributed by atoms with E-state index < -0.39 is 0 Å². The van der Waals surface area contributed by atoms with E-state index in [1.165, 1.54) is 32.4 Å². The Labute approximate surface area is 152 Å². The van der Waals surface area contributed by atoms with Crippen LogP contribution in [0.25, 0.3) is 0 Å². The molecule has 0 bridgehead atoms. The van der Waals surface area contributed by atoms with Gasteiger partial charge in [0.1, 0.15) is 12.7 Å². The highest BCUT2D eigenvalue weighted by Gasteiger charge is 2.16. The molecular formula is C18H35N7. The molecule has 2 rings (SSSR count). The summed E-state index contributed by atoms with van der Waals surface area (Å²) < 4.78 is 2.01. The van der Waals surface area contributed by atoms with Crippen LogP contribution >= 0.6 is 0 Å². The quantitative estimate of drug-likeness (QED) is 0.383. The molecule has 2 N–H and O–H groups in total. The van der Waals surface area contributed by atoms with Gasteiger partial charge in [-0.15, -0.1) is 10.2 Å². The summed E-state index contributed by atoms with van der Waals surface area (Å²) >= 11 is 0. The number of aromatic nitrogens is 3. The van der Waals surface area contributed by atoms with E-state index >= 15 is 0 Å². The lowest BCUT2D eigenvalue weighted by atomic mass is 10.0. The van der Waals surface area contributed by atoms with Crippen LogP contribution in [0.5, 0.6) is 0 Å². The summed E-state index contributed by atoms with van der Waals surface area (Å²) in [7, 11) is 0. The summed E-state index contributed by atoms with van der Waals surface area (Å²) in [5.41, 5.74) is 0. The first kappa shape index (κ1) is 19.7. The fourth-order valence-corrected chi connectivity index (χ4v) is 3.26. The van der Waals surface area contributed by atoms with E-state index in [0.29, 0.717) is 0 Å². The van der Waals surface area contributed by atoms with Gasteiger partial charge in [-0.3, -0.25) is 4.99 Å². The first-order valence-corrected chi connectivity index (χ1v) is 9.88. The lowest BCUT2D eigenvalue weighted by Crippen LogP contribution is -2.39. The molecule has 0 spiro atoms. The molecule has 1 aliphatic heterocycles. The highest BCUT2D eigenvalue weighted by Crippen LogP contribution is 2.16. The first-order valence-electron chi connectivity index (χ1n) is 9.88. The number of likely N-dealkylation sites (tertiary alicyclic amines) is 1. The van der Waals surface area contributed by atoms with Gasteiger partial charge in [0.05, 0.1) is 0 Å². The van der Waals surface area contributed by atoms with E-state index in [2.05, 4.69) is 39.6 Å². The van der Waals surface area contributed by atoms with E-state index in [9.17, 15) is 0 Å². The van der Waals surface area contributed by atoms with Gasteiger partial charge in [0, 0.05) is 38.8 Å². The van der Waals surface area contributed by atoms with Gasteiger partial charge in [-0.05, 0) is 52.5 Å². The second-order valence-electron chi connectivity index (χ2n) is 6.83.